The number of esters is 1. The van der Waals surface area contributed by atoms with E-state index in [1.807, 2.05) is 13.8 Å². The van der Waals surface area contributed by atoms with Gasteiger partial charge in [0.2, 0.25) is 0 Å². The summed E-state index contributed by atoms with van der Waals surface area (Å²) in [6.07, 6.45) is 0.0666. The number of amides is 1. The van der Waals surface area contributed by atoms with E-state index in [1.54, 1.807) is 6.92 Å². The minimum Gasteiger partial charge on any atom is -0.466 e. The van der Waals surface area contributed by atoms with Crippen LogP contribution in [0.3, 0.4) is 0 Å². The highest BCUT2D eigenvalue weighted by atomic mass is 35.5. The number of nitrogens with one attached hydrogen (secondary N) is 1. The first-order chi connectivity index (χ1) is 8.30. The molecular formula is C12H19Cl2NO3. The third kappa shape index (κ3) is 3.29. The predicted molar refractivity (Wildman–Crippen MR) is 70.5 cm³/mol. The lowest BCUT2D eigenvalue weighted by Gasteiger charge is -2.41. The van der Waals surface area contributed by atoms with Crippen molar-refractivity contribution in [2.75, 3.05) is 13.2 Å². The Morgan fingerprint density at radius 1 is 1.56 bits per heavy atom. The zero-order valence-electron chi connectivity index (χ0n) is 10.8. The SMILES string of the molecule is CCOC(=O)CC1C(C(C)C)CNC(=O)C1(Cl)Cl. The molecule has 0 aromatic heterocycles. The van der Waals surface area contributed by atoms with Crippen LogP contribution in [-0.4, -0.2) is 29.4 Å². The lowest BCUT2D eigenvalue weighted by atomic mass is 9.76. The summed E-state index contributed by atoms with van der Waals surface area (Å²) in [5, 5.41) is 2.68. The second-order valence-corrected chi connectivity index (χ2v) is 6.24. The summed E-state index contributed by atoms with van der Waals surface area (Å²) >= 11 is 12.2. The molecule has 1 saturated heterocycles. The summed E-state index contributed by atoms with van der Waals surface area (Å²) in [5.41, 5.74) is 0. The molecule has 0 radical (unpaired) electrons. The molecule has 6 heteroatoms. The monoisotopic (exact) mass is 295 g/mol. The largest absolute Gasteiger partial charge is 0.466 e. The Hall–Kier alpha value is -0.480. The number of piperidine rings is 1. The minimum atomic E-state index is -1.57. The van der Waals surface area contributed by atoms with E-state index in [-0.39, 0.29) is 24.2 Å². The Bertz CT molecular complexity index is 331. The van der Waals surface area contributed by atoms with Gasteiger partial charge in [-0.15, -0.1) is 0 Å². The van der Waals surface area contributed by atoms with Gasteiger partial charge in [-0.1, -0.05) is 37.0 Å². The van der Waals surface area contributed by atoms with Gasteiger partial charge < -0.3 is 10.1 Å². The fourth-order valence-corrected chi connectivity index (χ4v) is 2.90. The van der Waals surface area contributed by atoms with Crippen molar-refractivity contribution in [3.63, 3.8) is 0 Å². The molecule has 1 aliphatic rings. The van der Waals surface area contributed by atoms with E-state index >= 15 is 0 Å². The van der Waals surface area contributed by atoms with Crippen molar-refractivity contribution in [2.24, 2.45) is 17.8 Å². The third-order valence-electron chi connectivity index (χ3n) is 3.33. The van der Waals surface area contributed by atoms with Gasteiger partial charge in [0.25, 0.3) is 5.91 Å². The van der Waals surface area contributed by atoms with E-state index in [0.29, 0.717) is 13.2 Å². The second kappa shape index (κ2) is 6.11. The van der Waals surface area contributed by atoms with Crippen molar-refractivity contribution < 1.29 is 14.3 Å². The first-order valence-electron chi connectivity index (χ1n) is 6.12. The predicted octanol–water partition coefficient (Wildman–Crippen LogP) is 2.13. The van der Waals surface area contributed by atoms with Crippen LogP contribution in [0.15, 0.2) is 0 Å². The standard InChI is InChI=1S/C12H19Cl2NO3/c1-4-18-10(16)5-9-8(7(2)3)6-15-11(17)12(9,13)14/h7-9H,4-6H2,1-3H3,(H,15,17). The molecule has 18 heavy (non-hydrogen) atoms. The Balaban J connectivity index is 2.89. The number of hydrogen-bond acceptors (Lipinski definition) is 3. The van der Waals surface area contributed by atoms with Crippen LogP contribution >= 0.6 is 23.2 Å². The summed E-state index contributed by atoms with van der Waals surface area (Å²) in [6, 6.07) is 0. The molecule has 1 fully saturated rings. The average Bonchev–Trinajstić information content (AvgIpc) is 2.25. The van der Waals surface area contributed by atoms with Gasteiger partial charge >= 0.3 is 5.97 Å². The Kier molecular flexibility index (Phi) is 5.29. The molecule has 0 spiro atoms. The van der Waals surface area contributed by atoms with Gasteiger partial charge in [0.15, 0.2) is 4.33 Å². The smallest absolute Gasteiger partial charge is 0.306 e. The van der Waals surface area contributed by atoms with Crippen LogP contribution in [-0.2, 0) is 14.3 Å². The van der Waals surface area contributed by atoms with Crippen LogP contribution in [0.25, 0.3) is 0 Å². The highest BCUT2D eigenvalue weighted by Crippen LogP contribution is 2.43. The zero-order chi connectivity index (χ0) is 13.9. The van der Waals surface area contributed by atoms with Crippen LogP contribution in [0.4, 0.5) is 0 Å². The highest BCUT2D eigenvalue weighted by Gasteiger charge is 2.51. The summed E-state index contributed by atoms with van der Waals surface area (Å²) in [6.45, 7) is 6.57. The van der Waals surface area contributed by atoms with Crippen molar-refractivity contribution in [3.05, 3.63) is 0 Å². The number of ether oxygens (including phenoxy) is 1. The van der Waals surface area contributed by atoms with Gasteiger partial charge in [0, 0.05) is 12.5 Å². The van der Waals surface area contributed by atoms with Crippen molar-refractivity contribution in [2.45, 2.75) is 31.5 Å². The Morgan fingerprint density at radius 3 is 2.67 bits per heavy atom. The maximum atomic E-state index is 11.7. The summed E-state index contributed by atoms with van der Waals surface area (Å²) in [7, 11) is 0. The second-order valence-electron chi connectivity index (χ2n) is 4.86. The Morgan fingerprint density at radius 2 is 2.17 bits per heavy atom. The van der Waals surface area contributed by atoms with E-state index in [9.17, 15) is 9.59 Å². The minimum absolute atomic E-state index is 0.0575. The highest BCUT2D eigenvalue weighted by molar-refractivity contribution is 6.58. The molecule has 1 N–H and O–H groups in total. The molecule has 0 aromatic carbocycles. The number of carbonyl (C=O) groups is 2. The first-order valence-corrected chi connectivity index (χ1v) is 6.88. The van der Waals surface area contributed by atoms with E-state index in [0.717, 1.165) is 0 Å². The van der Waals surface area contributed by atoms with Crippen molar-refractivity contribution in [1.29, 1.82) is 0 Å². The van der Waals surface area contributed by atoms with Gasteiger partial charge in [-0.25, -0.2) is 0 Å². The third-order valence-corrected chi connectivity index (χ3v) is 4.24. The first kappa shape index (κ1) is 15.6. The van der Waals surface area contributed by atoms with Crippen LogP contribution in [0.5, 0.6) is 0 Å². The maximum Gasteiger partial charge on any atom is 0.306 e. The molecule has 2 atom stereocenters. The van der Waals surface area contributed by atoms with Crippen molar-refractivity contribution in [3.8, 4) is 0 Å². The topological polar surface area (TPSA) is 55.4 Å². The Labute approximate surface area is 117 Å². The van der Waals surface area contributed by atoms with Crippen LogP contribution < -0.4 is 5.32 Å². The number of rotatable bonds is 4. The summed E-state index contributed by atoms with van der Waals surface area (Å²) in [4.78, 5) is 23.3. The van der Waals surface area contributed by atoms with Crippen LogP contribution in [0.2, 0.25) is 0 Å². The van der Waals surface area contributed by atoms with Gasteiger partial charge in [-0.2, -0.15) is 0 Å². The molecule has 0 aromatic rings. The van der Waals surface area contributed by atoms with Crippen molar-refractivity contribution >= 4 is 35.1 Å². The number of hydrogen-bond donors (Lipinski definition) is 1. The van der Waals surface area contributed by atoms with E-state index in [2.05, 4.69) is 5.32 Å². The number of carbonyl (C=O) groups excluding carboxylic acids is 2. The lowest BCUT2D eigenvalue weighted by molar-refractivity contribution is -0.145. The molecule has 104 valence electrons. The molecule has 0 aliphatic carbocycles. The molecule has 1 amide bonds. The van der Waals surface area contributed by atoms with E-state index < -0.39 is 16.2 Å². The zero-order valence-corrected chi connectivity index (χ0v) is 12.3. The van der Waals surface area contributed by atoms with Gasteiger partial charge in [0.05, 0.1) is 13.0 Å². The van der Waals surface area contributed by atoms with E-state index in [1.165, 1.54) is 0 Å². The van der Waals surface area contributed by atoms with Gasteiger partial charge in [-0.3, -0.25) is 9.59 Å². The fraction of sp³-hybridized carbons (Fsp3) is 0.833. The quantitative estimate of drug-likeness (QED) is 0.638. The summed E-state index contributed by atoms with van der Waals surface area (Å²) < 4.78 is 3.34. The van der Waals surface area contributed by atoms with Crippen LogP contribution in [0, 0.1) is 17.8 Å². The molecular weight excluding hydrogens is 277 g/mol. The van der Waals surface area contributed by atoms with Crippen molar-refractivity contribution in [1.82, 2.24) is 5.32 Å². The fourth-order valence-electron chi connectivity index (χ4n) is 2.29. The molecule has 4 nitrogen and oxygen atoms in total. The van der Waals surface area contributed by atoms with Gasteiger partial charge in [-0.05, 0) is 18.8 Å². The molecule has 0 bridgehead atoms. The number of alkyl halides is 2. The lowest BCUT2D eigenvalue weighted by Crippen LogP contribution is -2.56. The molecule has 0 saturated carbocycles. The van der Waals surface area contributed by atoms with E-state index in [4.69, 9.17) is 27.9 Å². The molecule has 1 rings (SSSR count). The average molecular weight is 296 g/mol. The summed E-state index contributed by atoms with van der Waals surface area (Å²) in [5.74, 6) is -0.900. The molecule has 1 heterocycles. The molecule has 1 aliphatic heterocycles. The van der Waals surface area contributed by atoms with Gasteiger partial charge in [0.1, 0.15) is 0 Å². The maximum absolute atomic E-state index is 11.7. The number of halogens is 2. The molecule has 2 unspecified atom stereocenters. The normalized spacial score (nSPS) is 26.9. The van der Waals surface area contributed by atoms with Crippen LogP contribution in [0.1, 0.15) is 27.2 Å².